The molecule has 1 heterocycles. The number of nitrogens with zero attached hydrogens (tertiary/aromatic N) is 2. The van der Waals surface area contributed by atoms with E-state index < -0.39 is 0 Å². The zero-order valence-corrected chi connectivity index (χ0v) is 10.9. The number of benzene rings is 1. The third-order valence-corrected chi connectivity index (χ3v) is 2.78. The first kappa shape index (κ1) is 11.9. The highest BCUT2D eigenvalue weighted by molar-refractivity contribution is 9.10. The Kier molecular flexibility index (Phi) is 3.28. The van der Waals surface area contributed by atoms with Gasteiger partial charge in [-0.25, -0.2) is 4.68 Å². The van der Waals surface area contributed by atoms with Crippen molar-refractivity contribution in [3.8, 4) is 0 Å². The molecule has 2 aromatic rings. The number of rotatable bonds is 2. The number of hydrogen-bond donors (Lipinski definition) is 1. The number of aryl methyl sites for hydroxylation is 1. The molecule has 0 aliphatic heterocycles. The maximum atomic E-state index is 11.7. The zero-order chi connectivity index (χ0) is 12.4. The molecule has 0 aliphatic rings. The topological polar surface area (TPSA) is 60.9 Å². The highest BCUT2D eigenvalue weighted by Crippen LogP contribution is 2.17. The molecule has 0 radical (unpaired) electrons. The largest absolute Gasteiger partial charge is 0.399 e. The molecule has 0 aliphatic carbocycles. The van der Waals surface area contributed by atoms with Crippen molar-refractivity contribution in [3.63, 3.8) is 0 Å². The van der Waals surface area contributed by atoms with Crippen LogP contribution in [-0.2, 0) is 6.54 Å². The molecular weight excluding hydrogens is 282 g/mol. The molecule has 17 heavy (non-hydrogen) atoms. The summed E-state index contributed by atoms with van der Waals surface area (Å²) in [6.45, 7) is 2.26. The molecule has 5 heteroatoms. The van der Waals surface area contributed by atoms with Crippen molar-refractivity contribution >= 4 is 21.6 Å². The fraction of sp³-hybridized carbons (Fsp3) is 0.167. The van der Waals surface area contributed by atoms with Crippen LogP contribution >= 0.6 is 15.9 Å². The molecule has 2 rings (SSSR count). The molecule has 0 spiro atoms. The molecule has 0 atom stereocenters. The Morgan fingerprint density at radius 2 is 2.12 bits per heavy atom. The van der Waals surface area contributed by atoms with Crippen LogP contribution in [0.1, 0.15) is 11.1 Å². The lowest BCUT2D eigenvalue weighted by molar-refractivity contribution is 0.636. The average Bonchev–Trinajstić information content (AvgIpc) is 2.21. The van der Waals surface area contributed by atoms with E-state index in [1.54, 1.807) is 12.3 Å². The van der Waals surface area contributed by atoms with Gasteiger partial charge in [0.2, 0.25) is 0 Å². The Hall–Kier alpha value is -1.62. The van der Waals surface area contributed by atoms with E-state index in [2.05, 4.69) is 21.0 Å². The molecule has 1 aromatic carbocycles. The van der Waals surface area contributed by atoms with E-state index >= 15 is 0 Å². The van der Waals surface area contributed by atoms with E-state index in [-0.39, 0.29) is 5.56 Å². The minimum absolute atomic E-state index is 0.108. The summed E-state index contributed by atoms with van der Waals surface area (Å²) >= 11 is 3.37. The normalized spacial score (nSPS) is 10.5. The molecule has 0 fully saturated rings. The average molecular weight is 294 g/mol. The van der Waals surface area contributed by atoms with E-state index in [1.165, 1.54) is 4.68 Å². The maximum absolute atomic E-state index is 11.7. The van der Waals surface area contributed by atoms with Gasteiger partial charge in [0.1, 0.15) is 0 Å². The molecule has 0 saturated heterocycles. The Labute approximate surface area is 107 Å². The van der Waals surface area contributed by atoms with Crippen molar-refractivity contribution in [3.05, 3.63) is 56.4 Å². The molecule has 0 unspecified atom stereocenters. The number of nitrogens with two attached hydrogens (primary N) is 1. The molecule has 0 amide bonds. The first-order valence-corrected chi connectivity index (χ1v) is 5.92. The van der Waals surface area contributed by atoms with Gasteiger partial charge >= 0.3 is 0 Å². The lowest BCUT2D eigenvalue weighted by atomic mass is 10.2. The lowest BCUT2D eigenvalue weighted by Gasteiger charge is -2.06. The molecule has 4 nitrogen and oxygen atoms in total. The molecule has 0 bridgehead atoms. The molecular formula is C12H12BrN3O. The van der Waals surface area contributed by atoms with Gasteiger partial charge in [-0.05, 0) is 36.2 Å². The van der Waals surface area contributed by atoms with Crippen LogP contribution in [0.2, 0.25) is 0 Å². The standard InChI is InChI=1S/C12H12BrN3O/c1-8-2-12(17)16(15-6-8)7-9-3-10(13)5-11(14)4-9/h2-6H,7,14H2,1H3. The second kappa shape index (κ2) is 4.71. The van der Waals surface area contributed by atoms with Gasteiger partial charge in [-0.3, -0.25) is 4.79 Å². The van der Waals surface area contributed by atoms with E-state index in [1.807, 2.05) is 25.1 Å². The minimum Gasteiger partial charge on any atom is -0.399 e. The number of nitrogen functional groups attached to an aromatic ring is 1. The molecule has 2 N–H and O–H groups in total. The SMILES string of the molecule is Cc1cnn(Cc2cc(N)cc(Br)c2)c(=O)c1. The van der Waals surface area contributed by atoms with Gasteiger partial charge in [0.05, 0.1) is 12.7 Å². The highest BCUT2D eigenvalue weighted by Gasteiger charge is 2.01. The van der Waals surface area contributed by atoms with Gasteiger partial charge in [0, 0.05) is 16.2 Å². The summed E-state index contributed by atoms with van der Waals surface area (Å²) in [5.41, 5.74) is 8.09. The second-order valence-electron chi connectivity index (χ2n) is 3.92. The van der Waals surface area contributed by atoms with Gasteiger partial charge in [-0.1, -0.05) is 15.9 Å². The van der Waals surface area contributed by atoms with Crippen LogP contribution in [0, 0.1) is 6.92 Å². The second-order valence-corrected chi connectivity index (χ2v) is 4.84. The van der Waals surface area contributed by atoms with Crippen LogP contribution in [-0.4, -0.2) is 9.78 Å². The van der Waals surface area contributed by atoms with Crippen LogP contribution in [0.4, 0.5) is 5.69 Å². The van der Waals surface area contributed by atoms with Gasteiger partial charge in [0.15, 0.2) is 0 Å². The highest BCUT2D eigenvalue weighted by atomic mass is 79.9. The number of halogens is 1. The fourth-order valence-corrected chi connectivity index (χ4v) is 2.14. The van der Waals surface area contributed by atoms with Gasteiger partial charge in [-0.15, -0.1) is 0 Å². The quantitative estimate of drug-likeness (QED) is 0.861. The van der Waals surface area contributed by atoms with Crippen molar-refractivity contribution < 1.29 is 0 Å². The predicted octanol–water partition coefficient (Wildman–Crippen LogP) is 1.94. The van der Waals surface area contributed by atoms with Crippen LogP contribution in [0.5, 0.6) is 0 Å². The van der Waals surface area contributed by atoms with Crippen molar-refractivity contribution in [2.24, 2.45) is 0 Å². The Morgan fingerprint density at radius 3 is 2.76 bits per heavy atom. The van der Waals surface area contributed by atoms with Crippen LogP contribution in [0.15, 0.2) is 39.7 Å². The summed E-state index contributed by atoms with van der Waals surface area (Å²) < 4.78 is 2.31. The van der Waals surface area contributed by atoms with Crippen molar-refractivity contribution in [2.45, 2.75) is 13.5 Å². The van der Waals surface area contributed by atoms with E-state index in [0.29, 0.717) is 12.2 Å². The fourth-order valence-electron chi connectivity index (χ4n) is 1.58. The van der Waals surface area contributed by atoms with E-state index in [0.717, 1.165) is 15.6 Å². The van der Waals surface area contributed by atoms with Gasteiger partial charge < -0.3 is 5.73 Å². The van der Waals surface area contributed by atoms with Crippen LogP contribution in [0.25, 0.3) is 0 Å². The van der Waals surface area contributed by atoms with Crippen LogP contribution in [0.3, 0.4) is 0 Å². The Morgan fingerprint density at radius 1 is 1.35 bits per heavy atom. The Bertz CT molecular complexity index is 587. The van der Waals surface area contributed by atoms with Crippen LogP contribution < -0.4 is 11.3 Å². The van der Waals surface area contributed by atoms with Gasteiger partial charge in [-0.2, -0.15) is 5.10 Å². The third kappa shape index (κ3) is 2.94. The number of hydrogen-bond acceptors (Lipinski definition) is 3. The summed E-state index contributed by atoms with van der Waals surface area (Å²) in [7, 11) is 0. The summed E-state index contributed by atoms with van der Waals surface area (Å²) in [4.78, 5) is 11.7. The summed E-state index contributed by atoms with van der Waals surface area (Å²) in [6.07, 6.45) is 1.67. The lowest BCUT2D eigenvalue weighted by Crippen LogP contribution is -2.22. The van der Waals surface area contributed by atoms with E-state index in [4.69, 9.17) is 5.73 Å². The number of anilines is 1. The maximum Gasteiger partial charge on any atom is 0.267 e. The van der Waals surface area contributed by atoms with Crippen molar-refractivity contribution in [1.82, 2.24) is 9.78 Å². The monoisotopic (exact) mass is 293 g/mol. The van der Waals surface area contributed by atoms with Crippen molar-refractivity contribution in [1.29, 1.82) is 0 Å². The summed E-state index contributed by atoms with van der Waals surface area (Å²) in [5, 5.41) is 4.08. The predicted molar refractivity (Wildman–Crippen MR) is 70.9 cm³/mol. The van der Waals surface area contributed by atoms with Gasteiger partial charge in [0.25, 0.3) is 5.56 Å². The van der Waals surface area contributed by atoms with Crippen molar-refractivity contribution in [2.75, 3.05) is 5.73 Å². The molecule has 1 aromatic heterocycles. The third-order valence-electron chi connectivity index (χ3n) is 2.32. The molecule has 88 valence electrons. The first-order valence-electron chi connectivity index (χ1n) is 5.13. The Balaban J connectivity index is 2.34. The smallest absolute Gasteiger partial charge is 0.267 e. The number of aromatic nitrogens is 2. The minimum atomic E-state index is -0.108. The first-order chi connectivity index (χ1) is 8.04. The van der Waals surface area contributed by atoms with E-state index in [9.17, 15) is 4.79 Å². The summed E-state index contributed by atoms with van der Waals surface area (Å²) in [6, 6.07) is 7.13. The molecule has 0 saturated carbocycles. The summed E-state index contributed by atoms with van der Waals surface area (Å²) in [5.74, 6) is 0. The zero-order valence-electron chi connectivity index (χ0n) is 9.35.